The second-order valence-corrected chi connectivity index (χ2v) is 5.83. The van der Waals surface area contributed by atoms with Gasteiger partial charge in [-0.15, -0.1) is 0 Å². The van der Waals surface area contributed by atoms with Crippen molar-refractivity contribution in [1.29, 1.82) is 0 Å². The first-order valence-corrected chi connectivity index (χ1v) is 7.81. The summed E-state index contributed by atoms with van der Waals surface area (Å²) in [7, 11) is 1.63. The number of amides is 1. The molecule has 0 spiro atoms. The van der Waals surface area contributed by atoms with Crippen LogP contribution >= 0.6 is 0 Å². The molecule has 0 radical (unpaired) electrons. The predicted octanol–water partition coefficient (Wildman–Crippen LogP) is 4.26. The van der Waals surface area contributed by atoms with Crippen molar-refractivity contribution in [2.75, 3.05) is 17.7 Å². The number of rotatable bonds is 6. The Balaban J connectivity index is 2.02. The lowest BCUT2D eigenvalue weighted by Crippen LogP contribution is -2.32. The lowest BCUT2D eigenvalue weighted by atomic mass is 10.0. The number of para-hydroxylation sites is 1. The summed E-state index contributed by atoms with van der Waals surface area (Å²) < 4.78 is 5.13. The normalized spacial score (nSPS) is 11.9. The van der Waals surface area contributed by atoms with Gasteiger partial charge in [0.2, 0.25) is 5.91 Å². The van der Waals surface area contributed by atoms with E-state index < -0.39 is 0 Å². The van der Waals surface area contributed by atoms with Gasteiger partial charge in [0.1, 0.15) is 11.8 Å². The number of hydrogen-bond acceptors (Lipinski definition) is 3. The number of carbonyl (C=O) groups is 1. The zero-order valence-corrected chi connectivity index (χ0v) is 14.1. The maximum absolute atomic E-state index is 12.4. The van der Waals surface area contributed by atoms with Gasteiger partial charge in [-0.1, -0.05) is 32.0 Å². The molecule has 23 heavy (non-hydrogen) atoms. The molecule has 2 rings (SSSR count). The lowest BCUT2D eigenvalue weighted by Gasteiger charge is -2.18. The zero-order chi connectivity index (χ0) is 16.8. The molecule has 4 heteroatoms. The minimum Gasteiger partial charge on any atom is -0.497 e. The third kappa shape index (κ3) is 4.49. The summed E-state index contributed by atoms with van der Waals surface area (Å²) in [5.41, 5.74) is 2.89. The van der Waals surface area contributed by atoms with Crippen molar-refractivity contribution in [3.05, 3.63) is 54.1 Å². The molecule has 2 N–H and O–H groups in total. The molecule has 0 aliphatic heterocycles. The van der Waals surface area contributed by atoms with Gasteiger partial charge >= 0.3 is 0 Å². The average molecular weight is 312 g/mol. The second-order valence-electron chi connectivity index (χ2n) is 5.83. The van der Waals surface area contributed by atoms with Crippen LogP contribution in [0.4, 0.5) is 11.4 Å². The van der Waals surface area contributed by atoms with Gasteiger partial charge < -0.3 is 15.4 Å². The van der Waals surface area contributed by atoms with Gasteiger partial charge in [-0.3, -0.25) is 4.79 Å². The Labute approximate surface area is 137 Å². The Morgan fingerprint density at radius 1 is 1.00 bits per heavy atom. The summed E-state index contributed by atoms with van der Waals surface area (Å²) >= 11 is 0. The molecule has 0 saturated heterocycles. The Morgan fingerprint density at radius 2 is 1.65 bits per heavy atom. The summed E-state index contributed by atoms with van der Waals surface area (Å²) in [6, 6.07) is 15.1. The number of benzene rings is 2. The highest BCUT2D eigenvalue weighted by atomic mass is 16.5. The standard InChI is InChI=1S/C19H24N2O2/c1-13(2)17-7-5-6-8-18(17)21-19(22)14(3)20-15-9-11-16(23-4)12-10-15/h5-14,20H,1-4H3,(H,21,22). The molecular formula is C19H24N2O2. The monoisotopic (exact) mass is 312 g/mol. The van der Waals surface area contributed by atoms with Crippen LogP contribution in [-0.4, -0.2) is 19.1 Å². The van der Waals surface area contributed by atoms with Crippen LogP contribution in [-0.2, 0) is 4.79 Å². The summed E-state index contributed by atoms with van der Waals surface area (Å²) in [4.78, 5) is 12.4. The van der Waals surface area contributed by atoms with Crippen molar-refractivity contribution < 1.29 is 9.53 Å². The molecule has 2 aromatic carbocycles. The van der Waals surface area contributed by atoms with Crippen LogP contribution in [0.3, 0.4) is 0 Å². The topological polar surface area (TPSA) is 50.4 Å². The maximum Gasteiger partial charge on any atom is 0.246 e. The molecule has 122 valence electrons. The Bertz CT molecular complexity index is 651. The third-order valence-electron chi connectivity index (χ3n) is 3.71. The first-order valence-electron chi connectivity index (χ1n) is 7.81. The smallest absolute Gasteiger partial charge is 0.246 e. The van der Waals surface area contributed by atoms with Gasteiger partial charge in [0, 0.05) is 11.4 Å². The van der Waals surface area contributed by atoms with Crippen LogP contribution in [0.25, 0.3) is 0 Å². The minimum atomic E-state index is -0.344. The van der Waals surface area contributed by atoms with Gasteiger partial charge in [0.05, 0.1) is 7.11 Å². The lowest BCUT2D eigenvalue weighted by molar-refractivity contribution is -0.116. The van der Waals surface area contributed by atoms with E-state index in [4.69, 9.17) is 4.74 Å². The van der Waals surface area contributed by atoms with Crippen molar-refractivity contribution in [2.45, 2.75) is 32.7 Å². The molecule has 4 nitrogen and oxygen atoms in total. The van der Waals surface area contributed by atoms with E-state index in [-0.39, 0.29) is 11.9 Å². The molecule has 1 atom stereocenters. The molecule has 0 bridgehead atoms. The van der Waals surface area contributed by atoms with E-state index in [1.54, 1.807) is 7.11 Å². The van der Waals surface area contributed by atoms with Crippen molar-refractivity contribution in [3.63, 3.8) is 0 Å². The Hall–Kier alpha value is -2.49. The first kappa shape index (κ1) is 16.9. The molecule has 0 aromatic heterocycles. The number of nitrogens with one attached hydrogen (secondary N) is 2. The van der Waals surface area contributed by atoms with E-state index >= 15 is 0 Å². The van der Waals surface area contributed by atoms with Crippen molar-refractivity contribution in [1.82, 2.24) is 0 Å². The molecule has 1 amide bonds. The minimum absolute atomic E-state index is 0.0612. The highest BCUT2D eigenvalue weighted by molar-refractivity contribution is 5.96. The molecule has 1 unspecified atom stereocenters. The molecule has 0 heterocycles. The summed E-state index contributed by atoms with van der Waals surface area (Å²) in [5.74, 6) is 1.09. The van der Waals surface area contributed by atoms with Crippen molar-refractivity contribution in [2.24, 2.45) is 0 Å². The Kier molecular flexibility index (Phi) is 5.63. The molecular weight excluding hydrogens is 288 g/mol. The van der Waals surface area contributed by atoms with Crippen LogP contribution in [0.1, 0.15) is 32.3 Å². The number of ether oxygens (including phenoxy) is 1. The SMILES string of the molecule is COc1ccc(NC(C)C(=O)Nc2ccccc2C(C)C)cc1. The van der Waals surface area contributed by atoms with E-state index in [0.717, 1.165) is 22.7 Å². The van der Waals surface area contributed by atoms with Gasteiger partial charge in [0.15, 0.2) is 0 Å². The number of methoxy groups -OCH3 is 1. The van der Waals surface area contributed by atoms with E-state index in [0.29, 0.717) is 5.92 Å². The third-order valence-corrected chi connectivity index (χ3v) is 3.71. The maximum atomic E-state index is 12.4. The summed E-state index contributed by atoms with van der Waals surface area (Å²) in [6.07, 6.45) is 0. The molecule has 0 saturated carbocycles. The highest BCUT2D eigenvalue weighted by Crippen LogP contribution is 2.24. The Morgan fingerprint density at radius 3 is 2.26 bits per heavy atom. The van der Waals surface area contributed by atoms with Crippen LogP contribution in [0, 0.1) is 0 Å². The van der Waals surface area contributed by atoms with Crippen LogP contribution in [0.2, 0.25) is 0 Å². The fourth-order valence-corrected chi connectivity index (χ4v) is 2.36. The number of carbonyl (C=O) groups excluding carboxylic acids is 1. The van der Waals surface area contributed by atoms with Crippen molar-refractivity contribution in [3.8, 4) is 5.75 Å². The largest absolute Gasteiger partial charge is 0.497 e. The van der Waals surface area contributed by atoms with E-state index in [1.165, 1.54) is 0 Å². The van der Waals surface area contributed by atoms with Crippen LogP contribution < -0.4 is 15.4 Å². The van der Waals surface area contributed by atoms with Gasteiger partial charge in [-0.05, 0) is 48.7 Å². The average Bonchev–Trinajstić information content (AvgIpc) is 2.55. The molecule has 0 aliphatic carbocycles. The number of hydrogen-bond donors (Lipinski definition) is 2. The predicted molar refractivity (Wildman–Crippen MR) is 95.2 cm³/mol. The molecule has 2 aromatic rings. The quantitative estimate of drug-likeness (QED) is 0.838. The summed E-state index contributed by atoms with van der Waals surface area (Å²) in [6.45, 7) is 6.08. The fraction of sp³-hybridized carbons (Fsp3) is 0.316. The molecule has 0 fully saturated rings. The van der Waals surface area contributed by atoms with Gasteiger partial charge in [0.25, 0.3) is 0 Å². The van der Waals surface area contributed by atoms with E-state index in [2.05, 4.69) is 24.5 Å². The van der Waals surface area contributed by atoms with Crippen LogP contribution in [0.5, 0.6) is 5.75 Å². The zero-order valence-electron chi connectivity index (χ0n) is 14.1. The molecule has 0 aliphatic rings. The number of anilines is 2. The van der Waals surface area contributed by atoms with E-state index in [1.807, 2.05) is 55.5 Å². The fourth-order valence-electron chi connectivity index (χ4n) is 2.36. The highest BCUT2D eigenvalue weighted by Gasteiger charge is 2.15. The van der Waals surface area contributed by atoms with Gasteiger partial charge in [-0.25, -0.2) is 0 Å². The van der Waals surface area contributed by atoms with E-state index in [9.17, 15) is 4.79 Å². The van der Waals surface area contributed by atoms with Crippen molar-refractivity contribution >= 4 is 17.3 Å². The summed E-state index contributed by atoms with van der Waals surface area (Å²) in [5, 5.41) is 6.20. The van der Waals surface area contributed by atoms with Crippen LogP contribution in [0.15, 0.2) is 48.5 Å². The van der Waals surface area contributed by atoms with Gasteiger partial charge in [-0.2, -0.15) is 0 Å². The second kappa shape index (κ2) is 7.68. The first-order chi connectivity index (χ1) is 11.0.